The molecule has 4 aromatic rings. The highest BCUT2D eigenvalue weighted by molar-refractivity contribution is 6.32. The van der Waals surface area contributed by atoms with E-state index in [1.54, 1.807) is 48.5 Å². The van der Waals surface area contributed by atoms with Gasteiger partial charge in [-0.1, -0.05) is 48.0 Å². The van der Waals surface area contributed by atoms with E-state index in [1.807, 2.05) is 0 Å². The number of nitro groups is 1. The molecule has 0 aliphatic heterocycles. The Kier molecular flexibility index (Phi) is 5.87. The van der Waals surface area contributed by atoms with E-state index in [-0.39, 0.29) is 28.6 Å². The van der Waals surface area contributed by atoms with Crippen LogP contribution in [0, 0.1) is 10.1 Å². The van der Waals surface area contributed by atoms with Crippen molar-refractivity contribution in [3.63, 3.8) is 0 Å². The lowest BCUT2D eigenvalue weighted by molar-refractivity contribution is -0.385. The molecule has 0 N–H and O–H groups in total. The first-order valence-corrected chi connectivity index (χ1v) is 9.70. The number of rotatable bonds is 6. The average molecular weight is 452 g/mol. The first-order valence-electron chi connectivity index (χ1n) is 9.32. The Morgan fingerprint density at radius 3 is 2.53 bits per heavy atom. The molecule has 0 saturated heterocycles. The standard InChI is InChI=1S/C23H14ClNO7/c24-18-5-3-6-19(25(28)29)21(18)31-16-10-8-14(9-11-16)13-30-22(26)17-12-15-4-1-2-7-20(15)32-23(17)27/h1-12H,13H2. The number of esters is 1. The molecule has 0 aliphatic carbocycles. The fourth-order valence-electron chi connectivity index (χ4n) is 2.94. The van der Waals surface area contributed by atoms with Gasteiger partial charge in [-0.25, -0.2) is 9.59 Å². The molecule has 4 rings (SSSR count). The second kappa shape index (κ2) is 8.91. The van der Waals surface area contributed by atoms with Crippen LogP contribution in [0.2, 0.25) is 5.02 Å². The van der Waals surface area contributed by atoms with Crippen molar-refractivity contribution in [3.8, 4) is 11.5 Å². The van der Waals surface area contributed by atoms with E-state index >= 15 is 0 Å². The Balaban J connectivity index is 1.45. The van der Waals surface area contributed by atoms with Gasteiger partial charge in [0.05, 0.1) is 9.95 Å². The third kappa shape index (κ3) is 4.45. The van der Waals surface area contributed by atoms with Gasteiger partial charge in [-0.2, -0.15) is 0 Å². The van der Waals surface area contributed by atoms with Crippen molar-refractivity contribution < 1.29 is 23.6 Å². The van der Waals surface area contributed by atoms with E-state index in [0.29, 0.717) is 22.3 Å². The molecule has 9 heteroatoms. The van der Waals surface area contributed by atoms with Crippen molar-refractivity contribution in [3.05, 3.63) is 109 Å². The van der Waals surface area contributed by atoms with Crippen molar-refractivity contribution in [2.24, 2.45) is 0 Å². The predicted octanol–water partition coefficient (Wildman–Crippen LogP) is 5.50. The number of hydrogen-bond acceptors (Lipinski definition) is 7. The number of ether oxygens (including phenoxy) is 2. The molecule has 0 amide bonds. The third-order valence-electron chi connectivity index (χ3n) is 4.52. The number of fused-ring (bicyclic) bond motifs is 1. The Bertz CT molecular complexity index is 1380. The predicted molar refractivity (Wildman–Crippen MR) is 116 cm³/mol. The molecule has 1 heterocycles. The SMILES string of the molecule is O=C(OCc1ccc(Oc2c(Cl)cccc2[N+](=O)[O-])cc1)c1cc2ccccc2oc1=O. The molecule has 0 aliphatic rings. The fraction of sp³-hybridized carbons (Fsp3) is 0.0435. The van der Waals surface area contributed by atoms with Gasteiger partial charge in [-0.3, -0.25) is 10.1 Å². The van der Waals surface area contributed by atoms with Crippen LogP contribution in [0.15, 0.2) is 82.0 Å². The normalized spacial score (nSPS) is 10.7. The lowest BCUT2D eigenvalue weighted by Gasteiger charge is -2.09. The van der Waals surface area contributed by atoms with Gasteiger partial charge in [-0.15, -0.1) is 0 Å². The van der Waals surface area contributed by atoms with E-state index in [1.165, 1.54) is 24.3 Å². The number of carbonyl (C=O) groups is 1. The molecule has 3 aromatic carbocycles. The van der Waals surface area contributed by atoms with Crippen LogP contribution in [0.1, 0.15) is 15.9 Å². The molecule has 1 aromatic heterocycles. The number of para-hydroxylation sites is 2. The lowest BCUT2D eigenvalue weighted by atomic mass is 10.2. The molecule has 0 atom stereocenters. The summed E-state index contributed by atoms with van der Waals surface area (Å²) in [6.45, 7) is -0.0996. The zero-order valence-corrected chi connectivity index (χ0v) is 17.1. The largest absolute Gasteiger partial charge is 0.457 e. The molecule has 0 unspecified atom stereocenters. The van der Waals surface area contributed by atoms with E-state index in [4.69, 9.17) is 25.5 Å². The van der Waals surface area contributed by atoms with E-state index in [0.717, 1.165) is 0 Å². The smallest absolute Gasteiger partial charge is 0.351 e. The van der Waals surface area contributed by atoms with Crippen LogP contribution in [0.3, 0.4) is 0 Å². The second-order valence-corrected chi connectivity index (χ2v) is 7.06. The van der Waals surface area contributed by atoms with Gasteiger partial charge >= 0.3 is 17.3 Å². The van der Waals surface area contributed by atoms with Crippen molar-refractivity contribution in [1.82, 2.24) is 0 Å². The molecule has 0 bridgehead atoms. The molecule has 160 valence electrons. The summed E-state index contributed by atoms with van der Waals surface area (Å²) in [5, 5.41) is 11.9. The van der Waals surface area contributed by atoms with Gasteiger partial charge in [0.2, 0.25) is 5.75 Å². The zero-order valence-electron chi connectivity index (χ0n) is 16.3. The summed E-state index contributed by atoms with van der Waals surface area (Å²) in [7, 11) is 0. The van der Waals surface area contributed by atoms with E-state index in [9.17, 15) is 19.7 Å². The van der Waals surface area contributed by atoms with Crippen LogP contribution < -0.4 is 10.4 Å². The number of benzene rings is 3. The van der Waals surface area contributed by atoms with E-state index in [2.05, 4.69) is 0 Å². The summed E-state index contributed by atoms with van der Waals surface area (Å²) >= 11 is 6.03. The summed E-state index contributed by atoms with van der Waals surface area (Å²) in [5.74, 6) is -0.565. The minimum Gasteiger partial charge on any atom is -0.457 e. The molecule has 8 nitrogen and oxygen atoms in total. The maximum absolute atomic E-state index is 12.3. The number of halogens is 1. The highest BCUT2D eigenvalue weighted by Gasteiger charge is 2.19. The minimum absolute atomic E-state index is 0.0682. The Hall–Kier alpha value is -4.17. The van der Waals surface area contributed by atoms with Crippen LogP contribution >= 0.6 is 11.6 Å². The highest BCUT2D eigenvalue weighted by atomic mass is 35.5. The Morgan fingerprint density at radius 2 is 1.78 bits per heavy atom. The molecule has 0 spiro atoms. The molecule has 0 radical (unpaired) electrons. The highest BCUT2D eigenvalue weighted by Crippen LogP contribution is 2.37. The van der Waals surface area contributed by atoms with Crippen LogP contribution in [0.4, 0.5) is 5.69 Å². The molecular weight excluding hydrogens is 438 g/mol. The molecular formula is C23H14ClNO7. The van der Waals surface area contributed by atoms with Crippen molar-refractivity contribution in [2.45, 2.75) is 6.61 Å². The first-order chi connectivity index (χ1) is 15.4. The van der Waals surface area contributed by atoms with Crippen LogP contribution in [-0.4, -0.2) is 10.9 Å². The summed E-state index contributed by atoms with van der Waals surface area (Å²) in [6, 6.07) is 18.9. The van der Waals surface area contributed by atoms with Gasteiger partial charge in [0.1, 0.15) is 23.5 Å². The van der Waals surface area contributed by atoms with Crippen LogP contribution in [0.25, 0.3) is 11.0 Å². The Morgan fingerprint density at radius 1 is 1.03 bits per heavy atom. The monoisotopic (exact) mass is 451 g/mol. The summed E-state index contributed by atoms with van der Waals surface area (Å²) < 4.78 is 15.9. The maximum Gasteiger partial charge on any atom is 0.351 e. The van der Waals surface area contributed by atoms with Gasteiger partial charge in [0.25, 0.3) is 0 Å². The summed E-state index contributed by atoms with van der Waals surface area (Å²) in [4.78, 5) is 35.0. The summed E-state index contributed by atoms with van der Waals surface area (Å²) in [5.41, 5.74) is -0.244. The number of nitro benzene ring substituents is 1. The number of nitrogens with zero attached hydrogens (tertiary/aromatic N) is 1. The van der Waals surface area contributed by atoms with Crippen molar-refractivity contribution in [2.75, 3.05) is 0 Å². The average Bonchev–Trinajstić information content (AvgIpc) is 2.79. The van der Waals surface area contributed by atoms with Gasteiger partial charge in [0.15, 0.2) is 0 Å². The molecule has 0 fully saturated rings. The van der Waals surface area contributed by atoms with E-state index < -0.39 is 16.5 Å². The topological polar surface area (TPSA) is 109 Å². The zero-order chi connectivity index (χ0) is 22.7. The van der Waals surface area contributed by atoms with Crippen molar-refractivity contribution in [1.29, 1.82) is 0 Å². The van der Waals surface area contributed by atoms with Crippen molar-refractivity contribution >= 4 is 34.2 Å². The molecule has 0 saturated carbocycles. The van der Waals surface area contributed by atoms with Gasteiger partial charge < -0.3 is 13.9 Å². The van der Waals surface area contributed by atoms with Gasteiger partial charge in [0, 0.05) is 11.5 Å². The minimum atomic E-state index is -0.809. The maximum atomic E-state index is 12.3. The summed E-state index contributed by atoms with van der Waals surface area (Å²) in [6.07, 6.45) is 0. The Labute approximate surface area is 185 Å². The third-order valence-corrected chi connectivity index (χ3v) is 4.82. The van der Waals surface area contributed by atoms with Crippen LogP contribution in [0.5, 0.6) is 11.5 Å². The number of carbonyl (C=O) groups excluding carboxylic acids is 1. The number of hydrogen-bond donors (Lipinski definition) is 0. The van der Waals surface area contributed by atoms with Crippen LogP contribution in [-0.2, 0) is 11.3 Å². The lowest BCUT2D eigenvalue weighted by Crippen LogP contribution is -2.16. The fourth-order valence-corrected chi connectivity index (χ4v) is 3.15. The van der Waals surface area contributed by atoms with Gasteiger partial charge in [-0.05, 0) is 35.9 Å². The second-order valence-electron chi connectivity index (χ2n) is 6.65. The quantitative estimate of drug-likeness (QED) is 0.165. The molecule has 32 heavy (non-hydrogen) atoms. The first kappa shape index (κ1) is 21.1.